The Hall–Kier alpha value is -6.58. The zero-order valence-corrected chi connectivity index (χ0v) is 45.2. The summed E-state index contributed by atoms with van der Waals surface area (Å²) in [7, 11) is 1.73. The second-order valence-electron chi connectivity index (χ2n) is 20.2. The maximum absolute atomic E-state index is 14.9. The quantitative estimate of drug-likeness (QED) is 0.0296. The van der Waals surface area contributed by atoms with Gasteiger partial charge in [-0.15, -0.1) is 0 Å². The number of nitrogens with zero attached hydrogens (tertiary/aromatic N) is 3. The Kier molecular flexibility index (Phi) is 16.4. The van der Waals surface area contributed by atoms with E-state index in [1.165, 1.54) is 0 Å². The van der Waals surface area contributed by atoms with E-state index < -0.39 is 19.7 Å². The van der Waals surface area contributed by atoms with Gasteiger partial charge in [-0.3, -0.25) is 4.79 Å². The van der Waals surface area contributed by atoms with E-state index in [1.807, 2.05) is 121 Å². The van der Waals surface area contributed by atoms with Gasteiger partial charge in [0.2, 0.25) is 5.91 Å². The number of esters is 1. The van der Waals surface area contributed by atoms with Crippen LogP contribution in [0.5, 0.6) is 23.0 Å². The summed E-state index contributed by atoms with van der Waals surface area (Å²) in [6.07, 6.45) is 2.78. The normalized spacial score (nSPS) is 18.1. The fourth-order valence-corrected chi connectivity index (χ4v) is 12.8. The number of methoxy groups -OCH3 is 2. The van der Waals surface area contributed by atoms with Crippen LogP contribution < -0.4 is 14.2 Å². The van der Waals surface area contributed by atoms with Gasteiger partial charge >= 0.3 is 5.97 Å². The minimum absolute atomic E-state index is 0.0177. The summed E-state index contributed by atoms with van der Waals surface area (Å²) < 4.78 is 47.3. The Morgan fingerprint density at radius 3 is 2.09 bits per heavy atom. The molecule has 12 nitrogen and oxygen atoms in total. The number of aryl methyl sites for hydroxylation is 3. The number of nitriles is 1. The number of fused-ring (bicyclic) bond motifs is 6. The summed E-state index contributed by atoms with van der Waals surface area (Å²) in [5.74, 6) is 2.43. The molecule has 1 spiro atoms. The van der Waals surface area contributed by atoms with Crippen molar-refractivity contribution in [3.8, 4) is 29.1 Å². The van der Waals surface area contributed by atoms with Crippen LogP contribution in [0.2, 0.25) is 0 Å². The highest BCUT2D eigenvalue weighted by molar-refractivity contribution is 7.44. The van der Waals surface area contributed by atoms with Gasteiger partial charge in [0.1, 0.15) is 28.6 Å². The van der Waals surface area contributed by atoms with Crippen LogP contribution in [0.15, 0.2) is 133 Å². The number of unbranched alkanes of at least 4 members (excludes halogenated alkanes) is 1. The molecule has 3 heterocycles. The molecule has 0 aliphatic carbocycles. The van der Waals surface area contributed by atoms with Crippen LogP contribution in [0.25, 0.3) is 0 Å². The highest BCUT2D eigenvalue weighted by Gasteiger charge is 2.54. The number of likely N-dealkylation sites (tertiary alicyclic amines) is 1. The summed E-state index contributed by atoms with van der Waals surface area (Å²) in [6.45, 7) is 13.4. The highest BCUT2D eigenvalue weighted by Crippen LogP contribution is 2.57. The molecule has 0 aromatic heterocycles. The smallest absolute Gasteiger partial charge is 0.340 e. The van der Waals surface area contributed by atoms with E-state index in [9.17, 15) is 14.9 Å². The largest absolute Gasteiger partial charge is 0.497 e. The molecule has 1 fully saturated rings. The minimum atomic E-state index is -1.57. The number of carbonyl (C=O) groups is 2. The van der Waals surface area contributed by atoms with Gasteiger partial charge in [0.25, 0.3) is 8.53 Å². The van der Waals surface area contributed by atoms with Crippen LogP contribution >= 0.6 is 8.53 Å². The molecule has 390 valence electrons. The van der Waals surface area contributed by atoms with Gasteiger partial charge in [-0.2, -0.15) is 5.26 Å². The van der Waals surface area contributed by atoms with E-state index in [0.717, 1.165) is 68.0 Å². The van der Waals surface area contributed by atoms with Gasteiger partial charge < -0.3 is 37.6 Å². The molecule has 0 N–H and O–H groups in total. The lowest BCUT2D eigenvalue weighted by molar-refractivity contribution is -0.134. The molecule has 0 saturated carbocycles. The summed E-state index contributed by atoms with van der Waals surface area (Å²) in [5.41, 5.74) is 6.59. The first-order valence-corrected chi connectivity index (χ1v) is 27.2. The fraction of sp³-hybridized carbons (Fsp3) is 0.371. The van der Waals surface area contributed by atoms with Crippen molar-refractivity contribution in [2.45, 2.75) is 115 Å². The summed E-state index contributed by atoms with van der Waals surface area (Å²) in [6, 6.07) is 46.0. The molecule has 9 rings (SSSR count). The number of amides is 1. The molecule has 0 radical (unpaired) electrons. The van der Waals surface area contributed by atoms with E-state index in [1.54, 1.807) is 14.2 Å². The van der Waals surface area contributed by atoms with Crippen molar-refractivity contribution in [1.82, 2.24) is 9.57 Å². The van der Waals surface area contributed by atoms with Gasteiger partial charge in [0, 0.05) is 41.7 Å². The molecule has 3 aliphatic rings. The van der Waals surface area contributed by atoms with Crippen molar-refractivity contribution >= 4 is 20.4 Å². The van der Waals surface area contributed by atoms with Crippen molar-refractivity contribution in [3.05, 3.63) is 189 Å². The van der Waals surface area contributed by atoms with Crippen LogP contribution in [0.1, 0.15) is 120 Å². The molecule has 1 amide bonds. The van der Waals surface area contributed by atoms with Gasteiger partial charge in [-0.1, -0.05) is 84.9 Å². The monoisotopic (exact) mass is 1030 g/mol. The molecule has 3 aliphatic heterocycles. The summed E-state index contributed by atoms with van der Waals surface area (Å²) in [4.78, 5) is 30.4. The van der Waals surface area contributed by atoms with Gasteiger partial charge in [0.05, 0.1) is 57.6 Å². The van der Waals surface area contributed by atoms with Crippen LogP contribution in [-0.2, 0) is 40.9 Å². The minimum Gasteiger partial charge on any atom is -0.497 e. The zero-order chi connectivity index (χ0) is 52.9. The Morgan fingerprint density at radius 2 is 1.44 bits per heavy atom. The first-order valence-electron chi connectivity index (χ1n) is 26.1. The first-order chi connectivity index (χ1) is 36.3. The predicted molar refractivity (Wildman–Crippen MR) is 290 cm³/mol. The number of hydrogen-bond acceptors (Lipinski definition) is 11. The Bertz CT molecular complexity index is 2960. The standard InChI is InChI=1S/C62H68N3O9P/c1-41(2)65(42(3)4)75(71-34-16-33-63)74-52-38-49(40-70-61(46-18-10-9-11-19-46,47-24-28-50(68-7)29-25-47)48-26-30-51(69-8)31-27-48)64(39-52)59(66)22-15-12-17-45-37-56-58(36-44(45)6)72-57-35-43(5)23-32-55(57)62(56)54-21-14-13-20-53(54)60(67)73-62/h9-11,13-14,18-21,23-32,35-37,41-42,49,52H,12,15-17,22,34,38-40H2,1-8H3/t49-,52+,62?,75?/m0/s1. The van der Waals surface area contributed by atoms with Crippen molar-refractivity contribution in [3.63, 3.8) is 0 Å². The molecule has 4 atom stereocenters. The molecule has 1 saturated heterocycles. The lowest BCUT2D eigenvalue weighted by atomic mass is 9.76. The van der Waals surface area contributed by atoms with E-state index in [4.69, 9.17) is 32.7 Å². The Balaban J connectivity index is 0.998. The molecule has 0 bridgehead atoms. The second kappa shape index (κ2) is 23.1. The van der Waals surface area contributed by atoms with Crippen molar-refractivity contribution < 1.29 is 42.3 Å². The molecular weight excluding hydrogens is 962 g/mol. The number of benzene rings is 6. The lowest BCUT2D eigenvalue weighted by Crippen LogP contribution is -2.42. The number of carbonyl (C=O) groups excluding carboxylic acids is 2. The third-order valence-corrected chi connectivity index (χ3v) is 16.9. The van der Waals surface area contributed by atoms with Crippen LogP contribution in [0.3, 0.4) is 0 Å². The maximum atomic E-state index is 14.9. The van der Waals surface area contributed by atoms with Crippen LogP contribution in [0, 0.1) is 25.2 Å². The number of rotatable bonds is 21. The zero-order valence-electron chi connectivity index (χ0n) is 44.3. The summed E-state index contributed by atoms with van der Waals surface area (Å²) in [5, 5.41) is 9.44. The molecule has 6 aromatic carbocycles. The lowest BCUT2D eigenvalue weighted by Gasteiger charge is -2.38. The maximum Gasteiger partial charge on any atom is 0.340 e. The highest BCUT2D eigenvalue weighted by atomic mass is 31.2. The topological polar surface area (TPSA) is 129 Å². The molecule has 2 unspecified atom stereocenters. The van der Waals surface area contributed by atoms with E-state index in [2.05, 4.69) is 69.6 Å². The van der Waals surface area contributed by atoms with E-state index in [0.29, 0.717) is 49.3 Å². The summed E-state index contributed by atoms with van der Waals surface area (Å²) >= 11 is 0. The first kappa shape index (κ1) is 53.3. The Labute approximate surface area is 443 Å². The van der Waals surface area contributed by atoms with Crippen molar-refractivity contribution in [1.29, 1.82) is 5.26 Å². The third kappa shape index (κ3) is 10.7. The average molecular weight is 1030 g/mol. The van der Waals surface area contributed by atoms with Crippen molar-refractivity contribution in [2.75, 3.05) is 34.0 Å². The van der Waals surface area contributed by atoms with Gasteiger partial charge in [0.15, 0.2) is 5.60 Å². The average Bonchev–Trinajstić information content (AvgIpc) is 3.96. The van der Waals surface area contributed by atoms with Gasteiger partial charge in [-0.05, 0) is 149 Å². The second-order valence-corrected chi connectivity index (χ2v) is 21.6. The fourth-order valence-electron chi connectivity index (χ4n) is 11.1. The van der Waals surface area contributed by atoms with Crippen LogP contribution in [-0.4, -0.2) is 79.7 Å². The predicted octanol–water partition coefficient (Wildman–Crippen LogP) is 12.9. The SMILES string of the molecule is COc1ccc(C(OC[C@@H]2C[C@@H](OP(OCCC#N)N(C(C)C)C(C)C)CN2C(=O)CCCCc2cc3c(cc2C)Oc2cc(C)ccc2C32OC(=O)c3ccccc32)(c2ccccc2)c2ccc(OC)cc2)cc1. The number of hydrogen-bond donors (Lipinski definition) is 0. The number of ether oxygens (including phenoxy) is 5. The third-order valence-electron chi connectivity index (χ3n) is 14.7. The molecule has 13 heteroatoms. The van der Waals surface area contributed by atoms with E-state index >= 15 is 0 Å². The van der Waals surface area contributed by atoms with Crippen LogP contribution in [0.4, 0.5) is 0 Å². The molecular formula is C62H68N3O9P. The molecule has 6 aromatic rings. The van der Waals surface area contributed by atoms with Gasteiger partial charge in [-0.25, -0.2) is 9.46 Å². The Morgan fingerprint density at radius 1 is 0.800 bits per heavy atom. The van der Waals surface area contributed by atoms with Crippen molar-refractivity contribution in [2.24, 2.45) is 0 Å². The van der Waals surface area contributed by atoms with E-state index in [-0.39, 0.29) is 55.7 Å². The molecule has 75 heavy (non-hydrogen) atoms.